The predicted molar refractivity (Wildman–Crippen MR) is 98.2 cm³/mol. The molecule has 0 radical (unpaired) electrons. The fourth-order valence-electron chi connectivity index (χ4n) is 2.05. The molecule has 2 rings (SSSR count). The lowest BCUT2D eigenvalue weighted by molar-refractivity contribution is -0.119. The molecule has 0 saturated heterocycles. The normalized spacial score (nSPS) is 11.7. The fourth-order valence-corrected chi connectivity index (χ4v) is 2.69. The average molecular weight is 379 g/mol. The van der Waals surface area contributed by atoms with E-state index >= 15 is 0 Å². The van der Waals surface area contributed by atoms with Crippen LogP contribution in [0.5, 0.6) is 5.75 Å². The zero-order chi connectivity index (χ0) is 18.9. The van der Waals surface area contributed by atoms with E-state index in [1.54, 1.807) is 44.4 Å². The maximum absolute atomic E-state index is 11.8. The molecule has 0 aliphatic carbocycles. The number of benzene rings is 1. The maximum Gasteiger partial charge on any atom is 0.235 e. The first kappa shape index (κ1) is 19.8. The third-order valence-electron chi connectivity index (χ3n) is 3.35. The van der Waals surface area contributed by atoms with Crippen molar-refractivity contribution in [3.8, 4) is 5.75 Å². The second kappa shape index (κ2) is 9.83. The van der Waals surface area contributed by atoms with Gasteiger partial charge in [0.2, 0.25) is 11.8 Å². The number of aryl methyl sites for hydroxylation is 1. The number of aliphatic hydroxyl groups is 1. The summed E-state index contributed by atoms with van der Waals surface area (Å²) in [7, 11) is 1.57. The van der Waals surface area contributed by atoms with Gasteiger partial charge in [-0.3, -0.25) is 9.59 Å². The van der Waals surface area contributed by atoms with Crippen molar-refractivity contribution in [1.82, 2.24) is 10.5 Å². The molecule has 1 unspecified atom stereocenters. The van der Waals surface area contributed by atoms with Crippen LogP contribution >= 0.6 is 11.8 Å². The Morgan fingerprint density at radius 3 is 2.58 bits per heavy atom. The van der Waals surface area contributed by atoms with Crippen molar-refractivity contribution in [2.24, 2.45) is 0 Å². The molecule has 0 spiro atoms. The Morgan fingerprint density at radius 1 is 1.27 bits per heavy atom. The number of nitrogens with one attached hydrogen (secondary N) is 2. The molecule has 3 N–H and O–H groups in total. The Balaban J connectivity index is 1.64. The number of hydrogen-bond donors (Lipinski definition) is 3. The summed E-state index contributed by atoms with van der Waals surface area (Å²) in [6.07, 6.45) is -0.812. The monoisotopic (exact) mass is 379 g/mol. The Labute approximate surface area is 155 Å². The highest BCUT2D eigenvalue weighted by Gasteiger charge is 2.11. The van der Waals surface area contributed by atoms with Crippen LogP contribution in [0.3, 0.4) is 0 Å². The summed E-state index contributed by atoms with van der Waals surface area (Å²) in [5.74, 6) is 1.34. The van der Waals surface area contributed by atoms with Crippen LogP contribution in [0.1, 0.15) is 17.4 Å². The van der Waals surface area contributed by atoms with E-state index in [0.29, 0.717) is 22.9 Å². The first-order valence-corrected chi connectivity index (χ1v) is 9.03. The summed E-state index contributed by atoms with van der Waals surface area (Å²) in [4.78, 5) is 23.5. The summed E-state index contributed by atoms with van der Waals surface area (Å²) in [6, 6.07) is 8.56. The number of anilines is 1. The molecule has 26 heavy (non-hydrogen) atoms. The summed E-state index contributed by atoms with van der Waals surface area (Å²) in [6.45, 7) is 1.82. The Kier molecular flexibility index (Phi) is 7.49. The van der Waals surface area contributed by atoms with Gasteiger partial charge >= 0.3 is 0 Å². The number of methoxy groups -OCH3 is 1. The van der Waals surface area contributed by atoms with Crippen LogP contribution < -0.4 is 15.4 Å². The topological polar surface area (TPSA) is 114 Å². The molecule has 140 valence electrons. The van der Waals surface area contributed by atoms with Gasteiger partial charge in [0, 0.05) is 12.6 Å². The predicted octanol–water partition coefficient (Wildman–Crippen LogP) is 1.51. The minimum Gasteiger partial charge on any atom is -0.497 e. The molecule has 1 aromatic carbocycles. The number of ether oxygens (including phenoxy) is 1. The number of nitrogens with zero attached hydrogens (tertiary/aromatic N) is 1. The molecule has 9 heteroatoms. The number of rotatable bonds is 9. The van der Waals surface area contributed by atoms with Crippen molar-refractivity contribution >= 4 is 29.4 Å². The van der Waals surface area contributed by atoms with Crippen molar-refractivity contribution in [1.29, 1.82) is 0 Å². The molecule has 1 heterocycles. The molecular formula is C17H21N3O5S. The van der Waals surface area contributed by atoms with Crippen LogP contribution in [0.25, 0.3) is 0 Å². The molecule has 1 aromatic heterocycles. The minimum absolute atomic E-state index is 0.0934. The second-order valence-corrected chi connectivity index (χ2v) is 6.44. The molecule has 0 aliphatic heterocycles. The highest BCUT2D eigenvalue weighted by Crippen LogP contribution is 2.17. The minimum atomic E-state index is -0.812. The van der Waals surface area contributed by atoms with Gasteiger partial charge in [-0.05, 0) is 24.6 Å². The number of amides is 2. The Hall–Kier alpha value is -2.52. The number of thioether (sulfide) groups is 1. The third-order valence-corrected chi connectivity index (χ3v) is 4.29. The van der Waals surface area contributed by atoms with Crippen LogP contribution in [0.4, 0.5) is 5.82 Å². The van der Waals surface area contributed by atoms with Crippen LogP contribution in [-0.2, 0) is 9.59 Å². The van der Waals surface area contributed by atoms with Crippen molar-refractivity contribution < 1.29 is 24.0 Å². The van der Waals surface area contributed by atoms with E-state index in [0.717, 1.165) is 0 Å². The lowest BCUT2D eigenvalue weighted by Crippen LogP contribution is -2.30. The van der Waals surface area contributed by atoms with Gasteiger partial charge in [0.05, 0.1) is 24.7 Å². The van der Waals surface area contributed by atoms with Gasteiger partial charge in [-0.1, -0.05) is 17.3 Å². The number of aromatic nitrogens is 1. The number of carbonyl (C=O) groups is 2. The van der Waals surface area contributed by atoms with Crippen molar-refractivity contribution in [2.45, 2.75) is 13.0 Å². The number of hydrogen-bond acceptors (Lipinski definition) is 7. The first-order valence-electron chi connectivity index (χ1n) is 7.87. The smallest absolute Gasteiger partial charge is 0.235 e. The van der Waals surface area contributed by atoms with Crippen LogP contribution in [0.2, 0.25) is 0 Å². The van der Waals surface area contributed by atoms with Gasteiger partial charge in [-0.25, -0.2) is 0 Å². The largest absolute Gasteiger partial charge is 0.497 e. The van der Waals surface area contributed by atoms with Crippen LogP contribution in [0, 0.1) is 6.92 Å². The Bertz CT molecular complexity index is 732. The van der Waals surface area contributed by atoms with Crippen molar-refractivity contribution in [3.63, 3.8) is 0 Å². The van der Waals surface area contributed by atoms with E-state index in [9.17, 15) is 14.7 Å². The zero-order valence-corrected chi connectivity index (χ0v) is 15.3. The van der Waals surface area contributed by atoms with Crippen molar-refractivity contribution in [2.75, 3.05) is 30.5 Å². The summed E-state index contributed by atoms with van der Waals surface area (Å²) in [5.41, 5.74) is 0.682. The van der Waals surface area contributed by atoms with E-state index in [4.69, 9.17) is 9.26 Å². The van der Waals surface area contributed by atoms with Gasteiger partial charge in [0.25, 0.3) is 0 Å². The van der Waals surface area contributed by atoms with Gasteiger partial charge in [-0.2, -0.15) is 0 Å². The molecule has 0 aliphatic rings. The van der Waals surface area contributed by atoms with Gasteiger partial charge < -0.3 is 25.0 Å². The molecule has 0 bridgehead atoms. The van der Waals surface area contributed by atoms with E-state index in [-0.39, 0.29) is 29.9 Å². The summed E-state index contributed by atoms with van der Waals surface area (Å²) >= 11 is 1.17. The molecule has 2 aromatic rings. The number of carbonyl (C=O) groups excluding carboxylic acids is 2. The van der Waals surface area contributed by atoms with Crippen LogP contribution in [-0.4, -0.2) is 47.2 Å². The Morgan fingerprint density at radius 2 is 1.96 bits per heavy atom. The molecule has 8 nitrogen and oxygen atoms in total. The van der Waals surface area contributed by atoms with E-state index in [1.165, 1.54) is 11.8 Å². The molecule has 1 atom stereocenters. The van der Waals surface area contributed by atoms with Gasteiger partial charge in [0.15, 0.2) is 5.82 Å². The second-order valence-electron chi connectivity index (χ2n) is 5.46. The van der Waals surface area contributed by atoms with Crippen LogP contribution in [0.15, 0.2) is 34.9 Å². The average Bonchev–Trinajstić information content (AvgIpc) is 3.04. The molecule has 0 saturated carbocycles. The zero-order valence-electron chi connectivity index (χ0n) is 14.5. The van der Waals surface area contributed by atoms with Gasteiger partial charge in [-0.15, -0.1) is 11.8 Å². The lowest BCUT2D eigenvalue weighted by Gasteiger charge is -2.12. The lowest BCUT2D eigenvalue weighted by atomic mass is 10.1. The van der Waals surface area contributed by atoms with E-state index < -0.39 is 6.10 Å². The number of aliphatic hydroxyl groups excluding tert-OH is 1. The summed E-state index contributed by atoms with van der Waals surface area (Å²) in [5, 5.41) is 18.9. The van der Waals surface area contributed by atoms with E-state index in [1.807, 2.05) is 0 Å². The molecular weight excluding hydrogens is 358 g/mol. The van der Waals surface area contributed by atoms with Crippen molar-refractivity contribution in [3.05, 3.63) is 41.7 Å². The molecule has 2 amide bonds. The standard InChI is InChI=1S/C17H21N3O5S/c1-11-7-15(20-25-11)19-17(23)10-26-9-16(22)18-8-14(21)12-3-5-13(24-2)6-4-12/h3-7,14,21H,8-10H2,1-2H3,(H,18,22)(H,19,20,23). The first-order chi connectivity index (χ1) is 12.5. The summed E-state index contributed by atoms with van der Waals surface area (Å²) < 4.78 is 9.90. The third kappa shape index (κ3) is 6.41. The quantitative estimate of drug-likeness (QED) is 0.605. The molecule has 0 fully saturated rings. The fraction of sp³-hybridized carbons (Fsp3) is 0.353. The highest BCUT2D eigenvalue weighted by atomic mass is 32.2. The van der Waals surface area contributed by atoms with Gasteiger partial charge in [0.1, 0.15) is 11.5 Å². The van der Waals surface area contributed by atoms with E-state index in [2.05, 4.69) is 15.8 Å². The highest BCUT2D eigenvalue weighted by molar-refractivity contribution is 8.00. The SMILES string of the molecule is COc1ccc(C(O)CNC(=O)CSCC(=O)Nc2cc(C)on2)cc1. The maximum atomic E-state index is 11.8.